The second-order valence-corrected chi connectivity index (χ2v) is 7.28. The molecule has 134 valence electrons. The van der Waals surface area contributed by atoms with E-state index >= 15 is 0 Å². The van der Waals surface area contributed by atoms with E-state index in [0.29, 0.717) is 5.75 Å². The number of hydrogen-bond donors (Lipinski definition) is 1. The molecule has 2 rings (SSSR count). The summed E-state index contributed by atoms with van der Waals surface area (Å²) in [5.74, 6) is 0.0325. The van der Waals surface area contributed by atoms with Gasteiger partial charge in [0.25, 0.3) is 0 Å². The monoisotopic (exact) mass is 363 g/mol. The Labute approximate surface area is 147 Å². The highest BCUT2D eigenvalue weighted by Gasteiger charge is 2.26. The number of aryl methyl sites for hydroxylation is 1. The smallest absolute Gasteiger partial charge is 0.324 e. The number of carbonyl (C=O) groups is 1. The standard InChI is InChI=1S/C18H21NO5S/c1-13-4-10-16(11-5-13)25(21,22)19-17(18(20)24-3)12-14-6-8-15(23-2)9-7-14/h4-11,17,19H,12H2,1-3H3. The number of ether oxygens (including phenoxy) is 2. The molecule has 1 N–H and O–H groups in total. The summed E-state index contributed by atoms with van der Waals surface area (Å²) in [5.41, 5.74) is 1.73. The van der Waals surface area contributed by atoms with E-state index in [4.69, 9.17) is 9.47 Å². The lowest BCUT2D eigenvalue weighted by atomic mass is 10.1. The Morgan fingerprint density at radius 3 is 2.16 bits per heavy atom. The normalized spacial score (nSPS) is 12.4. The third-order valence-corrected chi connectivity index (χ3v) is 5.20. The van der Waals surface area contributed by atoms with E-state index in [1.807, 2.05) is 6.92 Å². The molecule has 0 saturated heterocycles. The Hall–Kier alpha value is -2.38. The van der Waals surface area contributed by atoms with Gasteiger partial charge in [0.15, 0.2) is 0 Å². The van der Waals surface area contributed by atoms with Crippen LogP contribution in [0.3, 0.4) is 0 Å². The summed E-state index contributed by atoms with van der Waals surface area (Å²) >= 11 is 0. The molecule has 0 fully saturated rings. The van der Waals surface area contributed by atoms with Gasteiger partial charge in [0.2, 0.25) is 10.0 Å². The first kappa shape index (κ1) is 19.0. The number of esters is 1. The molecule has 0 radical (unpaired) electrons. The first-order valence-corrected chi connectivity index (χ1v) is 9.14. The lowest BCUT2D eigenvalue weighted by Crippen LogP contribution is -2.42. The van der Waals surface area contributed by atoms with Crippen molar-refractivity contribution in [2.75, 3.05) is 14.2 Å². The van der Waals surface area contributed by atoms with Gasteiger partial charge in [-0.3, -0.25) is 4.79 Å². The van der Waals surface area contributed by atoms with Crippen LogP contribution >= 0.6 is 0 Å². The first-order chi connectivity index (χ1) is 11.9. The Bertz CT molecular complexity index is 814. The topological polar surface area (TPSA) is 81.7 Å². The fourth-order valence-corrected chi connectivity index (χ4v) is 3.47. The fourth-order valence-electron chi connectivity index (χ4n) is 2.29. The lowest BCUT2D eigenvalue weighted by Gasteiger charge is -2.17. The van der Waals surface area contributed by atoms with Crippen molar-refractivity contribution in [3.63, 3.8) is 0 Å². The molecule has 0 bridgehead atoms. The molecule has 25 heavy (non-hydrogen) atoms. The van der Waals surface area contributed by atoms with E-state index < -0.39 is 22.0 Å². The zero-order chi connectivity index (χ0) is 18.4. The van der Waals surface area contributed by atoms with E-state index in [-0.39, 0.29) is 11.3 Å². The van der Waals surface area contributed by atoms with Crippen LogP contribution < -0.4 is 9.46 Å². The van der Waals surface area contributed by atoms with Crippen molar-refractivity contribution in [2.24, 2.45) is 0 Å². The van der Waals surface area contributed by atoms with Crippen LogP contribution in [-0.2, 0) is 26.0 Å². The van der Waals surface area contributed by atoms with Gasteiger partial charge in [-0.25, -0.2) is 8.42 Å². The summed E-state index contributed by atoms with van der Waals surface area (Å²) in [5, 5.41) is 0. The molecule has 1 unspecified atom stereocenters. The summed E-state index contributed by atoms with van der Waals surface area (Å²) in [7, 11) is -1.06. The van der Waals surface area contributed by atoms with Gasteiger partial charge >= 0.3 is 5.97 Å². The van der Waals surface area contributed by atoms with Crippen LogP contribution in [0.2, 0.25) is 0 Å². The number of hydrogen-bond acceptors (Lipinski definition) is 5. The third kappa shape index (κ3) is 5.04. The Balaban J connectivity index is 2.21. The molecule has 2 aromatic carbocycles. The minimum atomic E-state index is -3.84. The maximum absolute atomic E-state index is 12.5. The molecule has 7 heteroatoms. The van der Waals surface area contributed by atoms with Gasteiger partial charge in [0, 0.05) is 0 Å². The zero-order valence-electron chi connectivity index (χ0n) is 14.4. The number of carbonyl (C=O) groups excluding carboxylic acids is 1. The van der Waals surface area contributed by atoms with Gasteiger partial charge in [-0.05, 0) is 43.2 Å². The molecule has 1 atom stereocenters. The van der Waals surface area contributed by atoms with E-state index in [0.717, 1.165) is 11.1 Å². The molecule has 0 aromatic heterocycles. The maximum atomic E-state index is 12.5. The minimum absolute atomic E-state index is 0.0988. The second kappa shape index (κ2) is 8.13. The summed E-state index contributed by atoms with van der Waals surface area (Å²) in [6.45, 7) is 1.87. The van der Waals surface area contributed by atoms with Crippen molar-refractivity contribution < 1.29 is 22.7 Å². The molecule has 0 spiro atoms. The molecule has 0 aliphatic rings. The lowest BCUT2D eigenvalue weighted by molar-refractivity contribution is -0.142. The van der Waals surface area contributed by atoms with Crippen LogP contribution in [0.5, 0.6) is 5.75 Å². The van der Waals surface area contributed by atoms with Gasteiger partial charge in [0.1, 0.15) is 11.8 Å². The SMILES string of the molecule is COC(=O)C(Cc1ccc(OC)cc1)NS(=O)(=O)c1ccc(C)cc1. The summed E-state index contributed by atoms with van der Waals surface area (Å²) < 4.78 is 37.3. The molecular formula is C18H21NO5S. The number of nitrogens with one attached hydrogen (secondary N) is 1. The summed E-state index contributed by atoms with van der Waals surface area (Å²) in [6, 6.07) is 12.4. The largest absolute Gasteiger partial charge is 0.497 e. The molecule has 0 aliphatic carbocycles. The van der Waals surface area contributed by atoms with E-state index in [9.17, 15) is 13.2 Å². The fraction of sp³-hybridized carbons (Fsp3) is 0.278. The van der Waals surface area contributed by atoms with Crippen LogP contribution in [-0.4, -0.2) is 34.6 Å². The molecule has 0 heterocycles. The van der Waals surface area contributed by atoms with Crippen molar-refractivity contribution in [1.29, 1.82) is 0 Å². The average Bonchev–Trinajstić information content (AvgIpc) is 2.61. The Morgan fingerprint density at radius 2 is 1.64 bits per heavy atom. The van der Waals surface area contributed by atoms with Crippen molar-refractivity contribution in [3.8, 4) is 5.75 Å². The molecule has 2 aromatic rings. The number of benzene rings is 2. The number of methoxy groups -OCH3 is 2. The van der Waals surface area contributed by atoms with Crippen molar-refractivity contribution in [2.45, 2.75) is 24.3 Å². The van der Waals surface area contributed by atoms with E-state index in [2.05, 4.69) is 4.72 Å². The van der Waals surface area contributed by atoms with Gasteiger partial charge < -0.3 is 9.47 Å². The molecule has 6 nitrogen and oxygen atoms in total. The highest BCUT2D eigenvalue weighted by molar-refractivity contribution is 7.89. The predicted octanol–water partition coefficient (Wildman–Crippen LogP) is 2.07. The summed E-state index contributed by atoms with van der Waals surface area (Å²) in [4.78, 5) is 12.1. The van der Waals surface area contributed by atoms with Gasteiger partial charge in [-0.1, -0.05) is 29.8 Å². The maximum Gasteiger partial charge on any atom is 0.324 e. The van der Waals surface area contributed by atoms with Gasteiger partial charge in [0.05, 0.1) is 19.1 Å². The highest BCUT2D eigenvalue weighted by Crippen LogP contribution is 2.15. The zero-order valence-corrected chi connectivity index (χ0v) is 15.2. The second-order valence-electron chi connectivity index (χ2n) is 5.56. The van der Waals surface area contributed by atoms with Crippen LogP contribution in [0.1, 0.15) is 11.1 Å². The van der Waals surface area contributed by atoms with Crippen LogP contribution in [0, 0.1) is 6.92 Å². The number of sulfonamides is 1. The van der Waals surface area contributed by atoms with Crippen LogP contribution in [0.25, 0.3) is 0 Å². The van der Waals surface area contributed by atoms with Crippen molar-refractivity contribution >= 4 is 16.0 Å². The summed E-state index contributed by atoms with van der Waals surface area (Å²) in [6.07, 6.45) is 0.168. The first-order valence-electron chi connectivity index (χ1n) is 7.65. The quantitative estimate of drug-likeness (QED) is 0.762. The van der Waals surface area contributed by atoms with E-state index in [1.165, 1.54) is 19.2 Å². The Morgan fingerprint density at radius 1 is 1.04 bits per heavy atom. The molecule has 0 aliphatic heterocycles. The molecular weight excluding hydrogens is 342 g/mol. The van der Waals surface area contributed by atoms with Crippen molar-refractivity contribution in [1.82, 2.24) is 4.72 Å². The molecule has 0 amide bonds. The van der Waals surface area contributed by atoms with Crippen LogP contribution in [0.4, 0.5) is 0 Å². The Kier molecular flexibility index (Phi) is 6.17. The van der Waals surface area contributed by atoms with Crippen LogP contribution in [0.15, 0.2) is 53.4 Å². The highest BCUT2D eigenvalue weighted by atomic mass is 32.2. The minimum Gasteiger partial charge on any atom is -0.497 e. The van der Waals surface area contributed by atoms with Gasteiger partial charge in [-0.2, -0.15) is 4.72 Å². The van der Waals surface area contributed by atoms with E-state index in [1.54, 1.807) is 43.5 Å². The molecule has 0 saturated carbocycles. The third-order valence-electron chi connectivity index (χ3n) is 3.71. The predicted molar refractivity (Wildman–Crippen MR) is 94.0 cm³/mol. The van der Waals surface area contributed by atoms with Crippen molar-refractivity contribution in [3.05, 3.63) is 59.7 Å². The van der Waals surface area contributed by atoms with Gasteiger partial charge in [-0.15, -0.1) is 0 Å². The number of rotatable bonds is 7. The average molecular weight is 363 g/mol.